The van der Waals surface area contributed by atoms with E-state index in [1.54, 1.807) is 0 Å². The zero-order valence-electron chi connectivity index (χ0n) is 16.6. The highest BCUT2D eigenvalue weighted by atomic mass is 15.1. The highest BCUT2D eigenvalue weighted by molar-refractivity contribution is 5.24. The number of hydrogen-bond donors (Lipinski definition) is 0. The Morgan fingerprint density at radius 2 is 1.00 bits per heavy atom. The molecule has 0 aliphatic rings. The van der Waals surface area contributed by atoms with Crippen molar-refractivity contribution in [1.29, 1.82) is 0 Å². The molecule has 2 aromatic carbocycles. The van der Waals surface area contributed by atoms with Gasteiger partial charge in [0.2, 0.25) is 0 Å². The van der Waals surface area contributed by atoms with Crippen molar-refractivity contribution < 1.29 is 0 Å². The van der Waals surface area contributed by atoms with E-state index in [4.69, 9.17) is 0 Å². The molecule has 0 saturated heterocycles. The second-order valence-corrected chi connectivity index (χ2v) is 7.54. The van der Waals surface area contributed by atoms with Gasteiger partial charge in [-0.15, -0.1) is 0 Å². The molecule has 27 heavy (non-hydrogen) atoms. The maximum atomic E-state index is 4.14. The zero-order chi connectivity index (χ0) is 19.1. The predicted molar refractivity (Wildman–Crippen MR) is 112 cm³/mol. The van der Waals surface area contributed by atoms with Crippen molar-refractivity contribution in [3.8, 4) is 0 Å². The summed E-state index contributed by atoms with van der Waals surface area (Å²) in [5.74, 6) is 0. The number of aryl methyl sites for hydroxylation is 1. The van der Waals surface area contributed by atoms with Gasteiger partial charge >= 0.3 is 0 Å². The van der Waals surface area contributed by atoms with Gasteiger partial charge in [-0.05, 0) is 55.4 Å². The molecule has 0 radical (unpaired) electrons. The van der Waals surface area contributed by atoms with Crippen LogP contribution in [0.25, 0.3) is 0 Å². The van der Waals surface area contributed by atoms with E-state index < -0.39 is 0 Å². The van der Waals surface area contributed by atoms with E-state index in [1.807, 2.05) is 12.4 Å². The number of rotatable bonds is 8. The first kappa shape index (κ1) is 19.3. The van der Waals surface area contributed by atoms with E-state index in [-0.39, 0.29) is 0 Å². The van der Waals surface area contributed by atoms with Crippen molar-refractivity contribution in [2.75, 3.05) is 14.1 Å². The minimum atomic E-state index is 0.913. The van der Waals surface area contributed by atoms with E-state index in [0.29, 0.717) is 0 Å². The second kappa shape index (κ2) is 9.45. The molecule has 3 nitrogen and oxygen atoms in total. The molecule has 0 fully saturated rings. The van der Waals surface area contributed by atoms with Gasteiger partial charge in [0.25, 0.3) is 0 Å². The molecule has 3 aromatic rings. The first-order chi connectivity index (χ1) is 13.1. The SMILES string of the molecule is Cc1ccc(CN(Cc2ccncc2)Cc2ccc(CN(C)C)cc2)cc1. The summed E-state index contributed by atoms with van der Waals surface area (Å²) in [6.45, 7) is 5.88. The number of benzene rings is 2. The van der Waals surface area contributed by atoms with Gasteiger partial charge in [0.05, 0.1) is 0 Å². The molecule has 0 aliphatic heterocycles. The molecule has 3 rings (SSSR count). The lowest BCUT2D eigenvalue weighted by molar-refractivity contribution is 0.247. The van der Waals surface area contributed by atoms with Gasteiger partial charge in [0.15, 0.2) is 0 Å². The molecular formula is C24H29N3. The van der Waals surface area contributed by atoms with E-state index in [1.165, 1.54) is 27.8 Å². The van der Waals surface area contributed by atoms with Crippen molar-refractivity contribution in [3.63, 3.8) is 0 Å². The topological polar surface area (TPSA) is 19.4 Å². The minimum absolute atomic E-state index is 0.913. The third kappa shape index (κ3) is 6.31. The number of nitrogens with zero attached hydrogens (tertiary/aromatic N) is 3. The van der Waals surface area contributed by atoms with E-state index in [9.17, 15) is 0 Å². The zero-order valence-corrected chi connectivity index (χ0v) is 16.6. The molecule has 0 aliphatic carbocycles. The van der Waals surface area contributed by atoms with Crippen LogP contribution in [0, 0.1) is 6.92 Å². The summed E-state index contributed by atoms with van der Waals surface area (Å²) >= 11 is 0. The van der Waals surface area contributed by atoms with Crippen LogP contribution in [0.2, 0.25) is 0 Å². The summed E-state index contributed by atoms with van der Waals surface area (Å²) in [4.78, 5) is 8.82. The molecule has 0 saturated carbocycles. The van der Waals surface area contributed by atoms with Gasteiger partial charge in [0, 0.05) is 38.6 Å². The van der Waals surface area contributed by atoms with Crippen molar-refractivity contribution in [2.45, 2.75) is 33.1 Å². The summed E-state index contributed by atoms with van der Waals surface area (Å²) in [6, 6.07) is 22.0. The Kier molecular flexibility index (Phi) is 6.74. The average Bonchev–Trinajstić information content (AvgIpc) is 2.65. The van der Waals surface area contributed by atoms with E-state index in [0.717, 1.165) is 26.2 Å². The first-order valence-corrected chi connectivity index (χ1v) is 9.48. The molecule has 1 aromatic heterocycles. The lowest BCUT2D eigenvalue weighted by atomic mass is 10.1. The van der Waals surface area contributed by atoms with Crippen LogP contribution < -0.4 is 0 Å². The standard InChI is InChI=1S/C24H29N3/c1-20-4-6-22(7-5-20)17-27(19-24-12-14-25-15-13-24)18-23-10-8-21(9-11-23)16-26(2)3/h4-15H,16-19H2,1-3H3. The minimum Gasteiger partial charge on any atom is -0.305 e. The van der Waals surface area contributed by atoms with Crippen LogP contribution in [0.1, 0.15) is 27.8 Å². The highest BCUT2D eigenvalue weighted by Gasteiger charge is 2.09. The Morgan fingerprint density at radius 3 is 1.48 bits per heavy atom. The molecule has 0 bridgehead atoms. The Labute approximate surface area is 163 Å². The first-order valence-electron chi connectivity index (χ1n) is 9.48. The van der Waals surface area contributed by atoms with Gasteiger partial charge in [-0.1, -0.05) is 54.1 Å². The Balaban J connectivity index is 1.73. The van der Waals surface area contributed by atoms with Crippen LogP contribution in [0.4, 0.5) is 0 Å². The number of pyridine rings is 1. The Morgan fingerprint density at radius 1 is 0.593 bits per heavy atom. The normalized spacial score (nSPS) is 11.3. The van der Waals surface area contributed by atoms with Crippen LogP contribution in [0.3, 0.4) is 0 Å². The lowest BCUT2D eigenvalue weighted by Gasteiger charge is -2.23. The van der Waals surface area contributed by atoms with Gasteiger partial charge in [-0.3, -0.25) is 9.88 Å². The molecule has 0 spiro atoms. The molecule has 3 heteroatoms. The summed E-state index contributed by atoms with van der Waals surface area (Å²) in [6.07, 6.45) is 3.74. The summed E-state index contributed by atoms with van der Waals surface area (Å²) in [5.41, 5.74) is 6.64. The fourth-order valence-electron chi connectivity index (χ4n) is 3.24. The van der Waals surface area contributed by atoms with Crippen molar-refractivity contribution >= 4 is 0 Å². The van der Waals surface area contributed by atoms with Crippen molar-refractivity contribution in [1.82, 2.24) is 14.8 Å². The Bertz CT molecular complexity index is 809. The van der Waals surface area contributed by atoms with Gasteiger partial charge in [-0.25, -0.2) is 0 Å². The largest absolute Gasteiger partial charge is 0.305 e. The number of aromatic nitrogens is 1. The van der Waals surface area contributed by atoms with Crippen LogP contribution in [-0.2, 0) is 26.2 Å². The molecule has 0 atom stereocenters. The summed E-state index contributed by atoms with van der Waals surface area (Å²) < 4.78 is 0. The molecule has 0 unspecified atom stereocenters. The van der Waals surface area contributed by atoms with Crippen LogP contribution >= 0.6 is 0 Å². The van der Waals surface area contributed by atoms with E-state index >= 15 is 0 Å². The van der Waals surface area contributed by atoms with Crippen LogP contribution in [0.5, 0.6) is 0 Å². The van der Waals surface area contributed by atoms with Gasteiger partial charge in [0.1, 0.15) is 0 Å². The molecule has 0 N–H and O–H groups in total. The van der Waals surface area contributed by atoms with Crippen molar-refractivity contribution in [3.05, 3.63) is 101 Å². The van der Waals surface area contributed by atoms with E-state index in [2.05, 4.69) is 96.5 Å². The molecule has 140 valence electrons. The van der Waals surface area contributed by atoms with Gasteiger partial charge < -0.3 is 4.90 Å². The fourth-order valence-corrected chi connectivity index (χ4v) is 3.24. The van der Waals surface area contributed by atoms with Crippen LogP contribution in [-0.4, -0.2) is 28.9 Å². The average molecular weight is 360 g/mol. The smallest absolute Gasteiger partial charge is 0.0271 e. The summed E-state index contributed by atoms with van der Waals surface area (Å²) in [7, 11) is 4.21. The highest BCUT2D eigenvalue weighted by Crippen LogP contribution is 2.15. The van der Waals surface area contributed by atoms with Crippen LogP contribution in [0.15, 0.2) is 73.1 Å². The second-order valence-electron chi connectivity index (χ2n) is 7.54. The Hall–Kier alpha value is -2.49. The van der Waals surface area contributed by atoms with Gasteiger partial charge in [-0.2, -0.15) is 0 Å². The lowest BCUT2D eigenvalue weighted by Crippen LogP contribution is -2.22. The molecule has 0 amide bonds. The predicted octanol–water partition coefficient (Wildman–Crippen LogP) is 4.65. The monoisotopic (exact) mass is 359 g/mol. The number of hydrogen-bond acceptors (Lipinski definition) is 3. The van der Waals surface area contributed by atoms with Crippen molar-refractivity contribution in [2.24, 2.45) is 0 Å². The third-order valence-corrected chi connectivity index (χ3v) is 4.61. The molecular weight excluding hydrogens is 330 g/mol. The maximum Gasteiger partial charge on any atom is 0.0271 e. The summed E-state index contributed by atoms with van der Waals surface area (Å²) in [5, 5.41) is 0. The third-order valence-electron chi connectivity index (χ3n) is 4.61. The quantitative estimate of drug-likeness (QED) is 0.583. The molecule has 1 heterocycles. The fraction of sp³-hybridized carbons (Fsp3) is 0.292. The maximum absolute atomic E-state index is 4.14.